The maximum Gasteiger partial charge on any atom is 0.253 e. The maximum absolute atomic E-state index is 14.9. The van der Waals surface area contributed by atoms with Crippen LogP contribution in [0, 0.1) is 26.6 Å². The van der Waals surface area contributed by atoms with Crippen LogP contribution >= 0.6 is 0 Å². The first kappa shape index (κ1) is 27.6. The first-order valence-corrected chi connectivity index (χ1v) is 13.5. The standard InChI is InChI=1S/C31H35FN4O4/c1-18-12-19(2)34-31(38)27(18)16-33-30(37)25-14-23-13-22(26-15-24(39-5)6-7-28(26)32)17-36(23)29(20(25)3)21(4)35-8-10-40-11-9-35/h6-7,12-15,17,21H,8-11,16H2,1-5H3,(H,33,37)(H,34,38). The van der Waals surface area contributed by atoms with E-state index in [2.05, 4.69) is 26.5 Å². The fourth-order valence-electron chi connectivity index (χ4n) is 5.63. The van der Waals surface area contributed by atoms with Gasteiger partial charge in [-0.15, -0.1) is 0 Å². The van der Waals surface area contributed by atoms with Gasteiger partial charge in [-0.3, -0.25) is 14.5 Å². The minimum absolute atomic E-state index is 0.0308. The number of ether oxygens (including phenoxy) is 2. The lowest BCUT2D eigenvalue weighted by Gasteiger charge is -2.34. The second-order valence-electron chi connectivity index (χ2n) is 10.4. The van der Waals surface area contributed by atoms with E-state index in [1.54, 1.807) is 19.2 Å². The molecule has 210 valence electrons. The largest absolute Gasteiger partial charge is 0.497 e. The Morgan fingerprint density at radius 3 is 2.60 bits per heavy atom. The number of carbonyl (C=O) groups is 1. The van der Waals surface area contributed by atoms with Gasteiger partial charge in [0, 0.05) is 71.0 Å². The summed E-state index contributed by atoms with van der Waals surface area (Å²) in [5, 5.41) is 2.95. The third-order valence-electron chi connectivity index (χ3n) is 7.83. The number of hydrogen-bond donors (Lipinski definition) is 2. The molecule has 3 aromatic heterocycles. The monoisotopic (exact) mass is 546 g/mol. The van der Waals surface area contributed by atoms with Gasteiger partial charge in [-0.25, -0.2) is 4.39 Å². The van der Waals surface area contributed by atoms with Gasteiger partial charge in [0.1, 0.15) is 11.6 Å². The topological polar surface area (TPSA) is 88.1 Å². The second kappa shape index (κ2) is 11.3. The summed E-state index contributed by atoms with van der Waals surface area (Å²) in [4.78, 5) is 31.2. The predicted molar refractivity (Wildman–Crippen MR) is 153 cm³/mol. The fourth-order valence-corrected chi connectivity index (χ4v) is 5.63. The van der Waals surface area contributed by atoms with Crippen LogP contribution in [0.15, 0.2) is 47.4 Å². The molecule has 1 aliphatic rings. The molecule has 4 aromatic rings. The molecule has 0 aliphatic carbocycles. The van der Waals surface area contributed by atoms with Crippen molar-refractivity contribution in [1.82, 2.24) is 19.6 Å². The highest BCUT2D eigenvalue weighted by atomic mass is 19.1. The molecule has 0 spiro atoms. The number of halogens is 1. The van der Waals surface area contributed by atoms with Gasteiger partial charge in [0.15, 0.2) is 0 Å². The summed E-state index contributed by atoms with van der Waals surface area (Å²) in [5.41, 5.74) is 6.09. The van der Waals surface area contributed by atoms with E-state index in [1.165, 1.54) is 6.07 Å². The number of nitrogens with zero attached hydrogens (tertiary/aromatic N) is 2. The number of aromatic nitrogens is 2. The zero-order valence-electron chi connectivity index (χ0n) is 23.6. The maximum atomic E-state index is 14.9. The Balaban J connectivity index is 1.59. The van der Waals surface area contributed by atoms with Crippen molar-refractivity contribution in [2.45, 2.75) is 40.3 Å². The van der Waals surface area contributed by atoms with Gasteiger partial charge in [-0.05, 0) is 75.2 Å². The number of benzene rings is 1. The zero-order chi connectivity index (χ0) is 28.6. The average molecular weight is 547 g/mol. The number of pyridine rings is 2. The van der Waals surface area contributed by atoms with Crippen LogP contribution in [-0.2, 0) is 11.3 Å². The van der Waals surface area contributed by atoms with Crippen LogP contribution in [0.5, 0.6) is 5.75 Å². The van der Waals surface area contributed by atoms with E-state index in [-0.39, 0.29) is 29.9 Å². The summed E-state index contributed by atoms with van der Waals surface area (Å²) in [5.74, 6) is -0.0656. The van der Waals surface area contributed by atoms with Crippen LogP contribution in [0.3, 0.4) is 0 Å². The molecule has 1 aromatic carbocycles. The second-order valence-corrected chi connectivity index (χ2v) is 10.4. The number of hydrogen-bond acceptors (Lipinski definition) is 5. The van der Waals surface area contributed by atoms with Crippen molar-refractivity contribution in [3.63, 3.8) is 0 Å². The normalized spacial score (nSPS) is 14.8. The summed E-state index contributed by atoms with van der Waals surface area (Å²) in [6, 6.07) is 10.2. The Kier molecular flexibility index (Phi) is 7.78. The summed E-state index contributed by atoms with van der Waals surface area (Å²) in [6.45, 7) is 10.7. The van der Waals surface area contributed by atoms with E-state index >= 15 is 0 Å². The van der Waals surface area contributed by atoms with Crippen LogP contribution < -0.4 is 15.6 Å². The third-order valence-corrected chi connectivity index (χ3v) is 7.83. The van der Waals surface area contributed by atoms with E-state index in [9.17, 15) is 14.0 Å². The number of nitrogens with one attached hydrogen (secondary N) is 2. The van der Waals surface area contributed by atoms with Gasteiger partial charge in [0.05, 0.1) is 20.3 Å². The molecule has 2 N–H and O–H groups in total. The summed E-state index contributed by atoms with van der Waals surface area (Å²) in [6.07, 6.45) is 1.92. The predicted octanol–water partition coefficient (Wildman–Crippen LogP) is 4.69. The smallest absolute Gasteiger partial charge is 0.253 e. The molecule has 40 heavy (non-hydrogen) atoms. The molecule has 1 aliphatic heterocycles. The number of fused-ring (bicyclic) bond motifs is 1. The van der Waals surface area contributed by atoms with Gasteiger partial charge in [0.2, 0.25) is 0 Å². The molecule has 1 unspecified atom stereocenters. The molecule has 8 nitrogen and oxygen atoms in total. The van der Waals surface area contributed by atoms with Crippen molar-refractivity contribution in [2.24, 2.45) is 0 Å². The number of amides is 1. The lowest BCUT2D eigenvalue weighted by Crippen LogP contribution is -2.39. The summed E-state index contributed by atoms with van der Waals surface area (Å²) in [7, 11) is 1.55. The Hall–Kier alpha value is -3.95. The fraction of sp³-hybridized carbons (Fsp3) is 0.355. The molecule has 5 rings (SSSR count). The van der Waals surface area contributed by atoms with Gasteiger partial charge in [0.25, 0.3) is 11.5 Å². The van der Waals surface area contributed by atoms with Crippen molar-refractivity contribution >= 4 is 11.4 Å². The number of H-pyrrole nitrogens is 1. The lowest BCUT2D eigenvalue weighted by atomic mass is 10.0. The average Bonchev–Trinajstić information content (AvgIpc) is 3.36. The number of methoxy groups -OCH3 is 1. The molecule has 0 saturated carbocycles. The summed E-state index contributed by atoms with van der Waals surface area (Å²) >= 11 is 0. The highest BCUT2D eigenvalue weighted by Gasteiger charge is 2.26. The minimum Gasteiger partial charge on any atom is -0.497 e. The highest BCUT2D eigenvalue weighted by molar-refractivity contribution is 5.97. The Morgan fingerprint density at radius 1 is 1.15 bits per heavy atom. The van der Waals surface area contributed by atoms with Crippen molar-refractivity contribution in [1.29, 1.82) is 0 Å². The number of aromatic amines is 1. The number of rotatable bonds is 7. The van der Waals surface area contributed by atoms with E-state index < -0.39 is 0 Å². The molecule has 0 bridgehead atoms. The summed E-state index contributed by atoms with van der Waals surface area (Å²) < 4.78 is 27.9. The van der Waals surface area contributed by atoms with Gasteiger partial charge >= 0.3 is 0 Å². The molecule has 1 fully saturated rings. The van der Waals surface area contributed by atoms with Crippen molar-refractivity contribution in [3.05, 3.63) is 92.4 Å². The van der Waals surface area contributed by atoms with E-state index in [4.69, 9.17) is 9.47 Å². The van der Waals surface area contributed by atoms with E-state index in [0.717, 1.165) is 41.1 Å². The molecule has 4 heterocycles. The molecule has 9 heteroatoms. The first-order chi connectivity index (χ1) is 19.2. The number of morpholine rings is 1. The van der Waals surface area contributed by atoms with E-state index in [1.807, 2.05) is 45.2 Å². The van der Waals surface area contributed by atoms with Gasteiger partial charge in [-0.2, -0.15) is 0 Å². The Labute approximate surface area is 232 Å². The minimum atomic E-state index is -0.354. The lowest BCUT2D eigenvalue weighted by molar-refractivity contribution is 0.0187. The van der Waals surface area contributed by atoms with Crippen LogP contribution in [0.25, 0.3) is 16.6 Å². The van der Waals surface area contributed by atoms with Crippen molar-refractivity contribution in [2.75, 3.05) is 33.4 Å². The van der Waals surface area contributed by atoms with Gasteiger partial charge < -0.3 is 24.2 Å². The molecular weight excluding hydrogens is 511 g/mol. The van der Waals surface area contributed by atoms with Gasteiger partial charge in [-0.1, -0.05) is 0 Å². The van der Waals surface area contributed by atoms with Crippen molar-refractivity contribution in [3.8, 4) is 16.9 Å². The molecule has 1 saturated heterocycles. The third kappa shape index (κ3) is 5.26. The Bertz CT molecular complexity index is 1630. The Morgan fingerprint density at radius 2 is 1.90 bits per heavy atom. The van der Waals surface area contributed by atoms with Crippen molar-refractivity contribution < 1.29 is 18.7 Å². The molecule has 1 amide bonds. The number of carbonyl (C=O) groups excluding carboxylic acids is 1. The van der Waals surface area contributed by atoms with Crippen LogP contribution in [-0.4, -0.2) is 53.6 Å². The molecular formula is C31H35FN4O4. The SMILES string of the molecule is COc1ccc(F)c(-c2cc3cc(C(=O)NCc4c(C)cc(C)[nH]c4=O)c(C)c(C(C)N4CCOCC4)n3c2)c1. The molecule has 1 atom stereocenters. The van der Waals surface area contributed by atoms with Crippen LogP contribution in [0.1, 0.15) is 51.4 Å². The quantitative estimate of drug-likeness (QED) is 0.351. The van der Waals surface area contributed by atoms with Crippen LogP contribution in [0.2, 0.25) is 0 Å². The number of aryl methyl sites for hydroxylation is 2. The highest BCUT2D eigenvalue weighted by Crippen LogP contribution is 2.34. The zero-order valence-corrected chi connectivity index (χ0v) is 23.6. The first-order valence-electron chi connectivity index (χ1n) is 13.5. The van der Waals surface area contributed by atoms with E-state index in [0.29, 0.717) is 41.2 Å². The molecule has 0 radical (unpaired) electrons. The van der Waals surface area contributed by atoms with Crippen LogP contribution in [0.4, 0.5) is 4.39 Å².